The maximum absolute atomic E-state index is 14.2. The molecule has 106 valence electrons. The van der Waals surface area contributed by atoms with E-state index in [1.54, 1.807) is 12.1 Å². The van der Waals surface area contributed by atoms with E-state index < -0.39 is 0 Å². The lowest BCUT2D eigenvalue weighted by Crippen LogP contribution is -2.53. The van der Waals surface area contributed by atoms with Crippen LogP contribution >= 0.6 is 0 Å². The van der Waals surface area contributed by atoms with Crippen molar-refractivity contribution in [3.63, 3.8) is 0 Å². The van der Waals surface area contributed by atoms with E-state index in [0.29, 0.717) is 18.2 Å². The highest BCUT2D eigenvalue weighted by molar-refractivity contribution is 5.98. The lowest BCUT2D eigenvalue weighted by molar-refractivity contribution is 0.476. The summed E-state index contributed by atoms with van der Waals surface area (Å²) in [5.41, 5.74) is 8.96. The molecule has 1 heterocycles. The molecule has 0 atom stereocenters. The largest absolute Gasteiger partial charge is 0.369 e. The summed E-state index contributed by atoms with van der Waals surface area (Å²) in [5.74, 6) is 0.154. The van der Waals surface area contributed by atoms with E-state index in [0.717, 1.165) is 12.8 Å². The zero-order valence-corrected chi connectivity index (χ0v) is 11.6. The molecular formula is C17H16FN3. The lowest BCUT2D eigenvalue weighted by atomic mass is 9.94. The third-order valence-corrected chi connectivity index (χ3v) is 4.49. The van der Waals surface area contributed by atoms with Crippen molar-refractivity contribution in [2.45, 2.75) is 18.4 Å². The summed E-state index contributed by atoms with van der Waals surface area (Å²) < 4.78 is 14.2. The maximum Gasteiger partial charge on any atom is 0.196 e. The van der Waals surface area contributed by atoms with Gasteiger partial charge in [-0.05, 0) is 36.1 Å². The Labute approximate surface area is 122 Å². The number of hydrogen-bond acceptors (Lipinski definition) is 3. The van der Waals surface area contributed by atoms with Crippen LogP contribution in [0.3, 0.4) is 0 Å². The second kappa shape index (κ2) is 4.32. The molecule has 4 rings (SSSR count). The van der Waals surface area contributed by atoms with E-state index in [9.17, 15) is 4.39 Å². The molecule has 0 unspecified atom stereocenters. The highest BCUT2D eigenvalue weighted by Gasteiger charge is 2.47. The Bertz CT molecular complexity index is 713. The van der Waals surface area contributed by atoms with Crippen molar-refractivity contribution < 1.29 is 4.39 Å². The molecule has 1 aliphatic heterocycles. The van der Waals surface area contributed by atoms with Crippen LogP contribution in [0.15, 0.2) is 53.5 Å². The number of aliphatic imine (C=N–C) groups is 1. The van der Waals surface area contributed by atoms with E-state index in [4.69, 9.17) is 5.73 Å². The Balaban J connectivity index is 1.80. The van der Waals surface area contributed by atoms with Crippen LogP contribution in [0.4, 0.5) is 10.1 Å². The van der Waals surface area contributed by atoms with Crippen LogP contribution in [-0.2, 0) is 12.8 Å². The maximum atomic E-state index is 14.2. The molecule has 1 aliphatic carbocycles. The van der Waals surface area contributed by atoms with Gasteiger partial charge in [-0.2, -0.15) is 0 Å². The van der Waals surface area contributed by atoms with Gasteiger partial charge in [0.2, 0.25) is 0 Å². The molecule has 2 aromatic carbocycles. The predicted molar refractivity (Wildman–Crippen MR) is 81.9 cm³/mol. The number of fused-ring (bicyclic) bond motifs is 1. The summed E-state index contributed by atoms with van der Waals surface area (Å²) in [4.78, 5) is 6.30. The van der Waals surface area contributed by atoms with Gasteiger partial charge < -0.3 is 10.6 Å². The van der Waals surface area contributed by atoms with Crippen LogP contribution in [-0.4, -0.2) is 18.0 Å². The Kier molecular flexibility index (Phi) is 2.55. The molecule has 2 aromatic rings. The molecule has 0 fully saturated rings. The molecule has 0 saturated carbocycles. The zero-order valence-electron chi connectivity index (χ0n) is 11.6. The molecular weight excluding hydrogens is 265 g/mol. The summed E-state index contributed by atoms with van der Waals surface area (Å²) in [5, 5.41) is 0. The third-order valence-electron chi connectivity index (χ3n) is 4.49. The summed E-state index contributed by atoms with van der Waals surface area (Å²) in [6.45, 7) is 0.613. The van der Waals surface area contributed by atoms with E-state index in [1.807, 2.05) is 23.1 Å². The Hall–Kier alpha value is -2.36. The Morgan fingerprint density at radius 1 is 1.00 bits per heavy atom. The Morgan fingerprint density at radius 2 is 1.62 bits per heavy atom. The first-order chi connectivity index (χ1) is 10.2. The fourth-order valence-corrected chi connectivity index (χ4v) is 3.57. The number of para-hydroxylation sites is 1. The highest BCUT2D eigenvalue weighted by Crippen LogP contribution is 2.40. The van der Waals surface area contributed by atoms with E-state index in [1.165, 1.54) is 17.2 Å². The first kappa shape index (κ1) is 12.4. The summed E-state index contributed by atoms with van der Waals surface area (Å²) in [6.07, 6.45) is 1.70. The number of anilines is 1. The van der Waals surface area contributed by atoms with Crippen LogP contribution in [0.2, 0.25) is 0 Å². The summed E-state index contributed by atoms with van der Waals surface area (Å²) in [6, 6.07) is 15.1. The number of benzene rings is 2. The van der Waals surface area contributed by atoms with Gasteiger partial charge in [0.25, 0.3) is 0 Å². The molecule has 2 N–H and O–H groups in total. The molecule has 4 heteroatoms. The average Bonchev–Trinajstić information content (AvgIpc) is 3.00. The van der Waals surface area contributed by atoms with E-state index in [-0.39, 0.29) is 11.4 Å². The average molecular weight is 281 g/mol. The fraction of sp³-hybridized carbons (Fsp3) is 0.235. The number of halogens is 1. The van der Waals surface area contributed by atoms with Crippen molar-refractivity contribution in [1.82, 2.24) is 0 Å². The molecule has 3 nitrogen and oxygen atoms in total. The van der Waals surface area contributed by atoms with Crippen LogP contribution in [0.1, 0.15) is 11.1 Å². The summed E-state index contributed by atoms with van der Waals surface area (Å²) >= 11 is 0. The van der Waals surface area contributed by atoms with Crippen LogP contribution in [0, 0.1) is 5.82 Å². The van der Waals surface area contributed by atoms with Gasteiger partial charge in [0.1, 0.15) is 5.82 Å². The number of rotatable bonds is 1. The lowest BCUT2D eigenvalue weighted by Gasteiger charge is -2.36. The van der Waals surface area contributed by atoms with E-state index >= 15 is 0 Å². The van der Waals surface area contributed by atoms with Crippen molar-refractivity contribution >= 4 is 11.6 Å². The van der Waals surface area contributed by atoms with Crippen LogP contribution in [0.5, 0.6) is 0 Å². The number of nitrogens with two attached hydrogens (primary N) is 1. The van der Waals surface area contributed by atoms with Crippen molar-refractivity contribution in [3.05, 3.63) is 65.5 Å². The van der Waals surface area contributed by atoms with Gasteiger partial charge in [-0.15, -0.1) is 0 Å². The smallest absolute Gasteiger partial charge is 0.196 e. The standard InChI is InChI=1S/C17H16FN3/c18-14-7-3-4-8-15(14)21-16(19)20-11-17(21)9-12-5-1-2-6-13(12)10-17/h1-8H,9-11H2,(H2,19,20). The van der Waals surface area contributed by atoms with Crippen molar-refractivity contribution in [3.8, 4) is 0 Å². The van der Waals surface area contributed by atoms with Gasteiger partial charge >= 0.3 is 0 Å². The second-order valence-electron chi connectivity index (χ2n) is 5.81. The van der Waals surface area contributed by atoms with E-state index in [2.05, 4.69) is 17.1 Å². The second-order valence-corrected chi connectivity index (χ2v) is 5.81. The van der Waals surface area contributed by atoms with Crippen molar-refractivity contribution in [1.29, 1.82) is 0 Å². The highest BCUT2D eigenvalue weighted by atomic mass is 19.1. The molecule has 0 saturated heterocycles. The molecule has 2 aliphatic rings. The van der Waals surface area contributed by atoms with Crippen LogP contribution in [0.25, 0.3) is 0 Å². The first-order valence-electron chi connectivity index (χ1n) is 7.11. The zero-order chi connectivity index (χ0) is 14.4. The summed E-state index contributed by atoms with van der Waals surface area (Å²) in [7, 11) is 0. The number of nitrogens with zero attached hydrogens (tertiary/aromatic N) is 2. The van der Waals surface area contributed by atoms with Crippen molar-refractivity contribution in [2.24, 2.45) is 10.7 Å². The molecule has 21 heavy (non-hydrogen) atoms. The minimum atomic E-state index is -0.257. The minimum Gasteiger partial charge on any atom is -0.369 e. The predicted octanol–water partition coefficient (Wildman–Crippen LogP) is 2.50. The van der Waals surface area contributed by atoms with Gasteiger partial charge in [0.15, 0.2) is 5.96 Å². The molecule has 1 spiro atoms. The fourth-order valence-electron chi connectivity index (χ4n) is 3.57. The third kappa shape index (κ3) is 1.75. The molecule has 0 aromatic heterocycles. The first-order valence-corrected chi connectivity index (χ1v) is 7.11. The van der Waals surface area contributed by atoms with Gasteiger partial charge in [-0.1, -0.05) is 36.4 Å². The molecule has 0 bridgehead atoms. The normalized spacial score (nSPS) is 18.9. The number of hydrogen-bond donors (Lipinski definition) is 1. The molecule has 0 radical (unpaired) electrons. The topological polar surface area (TPSA) is 41.6 Å². The SMILES string of the molecule is NC1=NCC2(Cc3ccccc3C2)N1c1ccccc1F. The van der Waals surface area contributed by atoms with Crippen molar-refractivity contribution in [2.75, 3.05) is 11.4 Å². The quantitative estimate of drug-likeness (QED) is 0.872. The monoisotopic (exact) mass is 281 g/mol. The van der Waals surface area contributed by atoms with Gasteiger partial charge in [0.05, 0.1) is 17.8 Å². The number of guanidine groups is 1. The van der Waals surface area contributed by atoms with Gasteiger partial charge in [0, 0.05) is 0 Å². The van der Waals surface area contributed by atoms with Gasteiger partial charge in [-0.25, -0.2) is 4.39 Å². The Morgan fingerprint density at radius 3 is 2.29 bits per heavy atom. The van der Waals surface area contributed by atoms with Gasteiger partial charge in [-0.3, -0.25) is 4.99 Å². The minimum absolute atomic E-state index is 0.254. The van der Waals surface area contributed by atoms with Crippen LogP contribution < -0.4 is 10.6 Å². The molecule has 0 amide bonds.